The maximum atomic E-state index is 12.1. The third-order valence-electron chi connectivity index (χ3n) is 3.24. The van der Waals surface area contributed by atoms with Crippen molar-refractivity contribution in [1.29, 1.82) is 0 Å². The summed E-state index contributed by atoms with van der Waals surface area (Å²) in [6, 6.07) is 6.83. The minimum absolute atomic E-state index is 0.0315. The standard InChI is InChI=1S/C16H16ClN3O5S/c1-20(2)26(23,24)12-3-4-13(17)14(9-12)19-15(21)10-25-16(22)11-5-7-18-8-6-11/h3-9H,10H2,1-2H3,(H,19,21). The fourth-order valence-corrected chi connectivity index (χ4v) is 2.95. The van der Waals surface area contributed by atoms with Crippen molar-refractivity contribution in [2.45, 2.75) is 4.90 Å². The van der Waals surface area contributed by atoms with Crippen molar-refractivity contribution in [3.63, 3.8) is 0 Å². The fourth-order valence-electron chi connectivity index (χ4n) is 1.86. The van der Waals surface area contributed by atoms with Gasteiger partial charge in [0, 0.05) is 26.5 Å². The minimum Gasteiger partial charge on any atom is -0.452 e. The predicted molar refractivity (Wildman–Crippen MR) is 95.5 cm³/mol. The molecule has 0 saturated heterocycles. The lowest BCUT2D eigenvalue weighted by Crippen LogP contribution is -2.23. The molecule has 0 spiro atoms. The largest absolute Gasteiger partial charge is 0.452 e. The van der Waals surface area contributed by atoms with Crippen LogP contribution in [0.3, 0.4) is 0 Å². The van der Waals surface area contributed by atoms with Gasteiger partial charge in [-0.25, -0.2) is 17.5 Å². The summed E-state index contributed by atoms with van der Waals surface area (Å²) in [7, 11) is -0.902. The highest BCUT2D eigenvalue weighted by Gasteiger charge is 2.19. The number of amides is 1. The molecule has 1 heterocycles. The van der Waals surface area contributed by atoms with Crippen LogP contribution in [0, 0.1) is 0 Å². The number of rotatable bonds is 6. The quantitative estimate of drug-likeness (QED) is 0.745. The number of nitrogens with one attached hydrogen (secondary N) is 1. The number of sulfonamides is 1. The Morgan fingerprint density at radius 2 is 1.85 bits per heavy atom. The maximum absolute atomic E-state index is 12.1. The number of ether oxygens (including phenoxy) is 1. The van der Waals surface area contributed by atoms with Crippen molar-refractivity contribution >= 4 is 39.2 Å². The second-order valence-electron chi connectivity index (χ2n) is 5.29. The molecule has 10 heteroatoms. The molecule has 8 nitrogen and oxygen atoms in total. The van der Waals surface area contributed by atoms with Crippen LogP contribution >= 0.6 is 11.6 Å². The number of carbonyl (C=O) groups is 2. The van der Waals surface area contributed by atoms with Crippen LogP contribution in [0.5, 0.6) is 0 Å². The zero-order chi connectivity index (χ0) is 19.3. The predicted octanol–water partition coefficient (Wildman–Crippen LogP) is 1.78. The van der Waals surface area contributed by atoms with E-state index in [-0.39, 0.29) is 21.2 Å². The highest BCUT2D eigenvalue weighted by molar-refractivity contribution is 7.89. The molecule has 0 unspecified atom stereocenters. The molecule has 1 aromatic carbocycles. The average Bonchev–Trinajstić information content (AvgIpc) is 2.62. The van der Waals surface area contributed by atoms with Gasteiger partial charge in [0.05, 0.1) is 21.2 Å². The monoisotopic (exact) mass is 397 g/mol. The van der Waals surface area contributed by atoms with E-state index < -0.39 is 28.5 Å². The number of hydrogen-bond donors (Lipinski definition) is 1. The normalized spacial score (nSPS) is 11.2. The van der Waals surface area contributed by atoms with E-state index in [4.69, 9.17) is 16.3 Å². The smallest absolute Gasteiger partial charge is 0.338 e. The zero-order valence-electron chi connectivity index (χ0n) is 14.0. The molecule has 0 aliphatic rings. The lowest BCUT2D eigenvalue weighted by atomic mass is 10.3. The van der Waals surface area contributed by atoms with E-state index in [0.29, 0.717) is 0 Å². The Morgan fingerprint density at radius 3 is 2.46 bits per heavy atom. The van der Waals surface area contributed by atoms with Gasteiger partial charge in [0.25, 0.3) is 5.91 Å². The number of esters is 1. The first-order chi connectivity index (χ1) is 12.2. The first-order valence-electron chi connectivity index (χ1n) is 7.31. The van der Waals surface area contributed by atoms with E-state index in [1.165, 1.54) is 56.8 Å². The van der Waals surface area contributed by atoms with E-state index >= 15 is 0 Å². The second kappa shape index (κ2) is 8.26. The number of nitrogens with zero attached hydrogens (tertiary/aromatic N) is 2. The number of pyridine rings is 1. The van der Waals surface area contributed by atoms with Crippen LogP contribution in [0.2, 0.25) is 5.02 Å². The van der Waals surface area contributed by atoms with Crippen molar-refractivity contribution < 1.29 is 22.7 Å². The number of carbonyl (C=O) groups excluding carboxylic acids is 2. The molecule has 1 N–H and O–H groups in total. The van der Waals surface area contributed by atoms with Crippen molar-refractivity contribution in [3.8, 4) is 0 Å². The lowest BCUT2D eigenvalue weighted by molar-refractivity contribution is -0.119. The van der Waals surface area contributed by atoms with Crippen molar-refractivity contribution in [1.82, 2.24) is 9.29 Å². The minimum atomic E-state index is -3.68. The van der Waals surface area contributed by atoms with Gasteiger partial charge in [0.2, 0.25) is 10.0 Å². The van der Waals surface area contributed by atoms with Crippen molar-refractivity contribution in [2.75, 3.05) is 26.0 Å². The van der Waals surface area contributed by atoms with E-state index in [9.17, 15) is 18.0 Å². The van der Waals surface area contributed by atoms with Crippen LogP contribution in [0.1, 0.15) is 10.4 Å². The van der Waals surface area contributed by atoms with Gasteiger partial charge < -0.3 is 10.1 Å². The molecule has 2 aromatic rings. The van der Waals surface area contributed by atoms with Gasteiger partial charge in [-0.3, -0.25) is 9.78 Å². The van der Waals surface area contributed by atoms with Gasteiger partial charge in [-0.15, -0.1) is 0 Å². The molecule has 0 aliphatic heterocycles. The van der Waals surface area contributed by atoms with E-state index in [1.807, 2.05) is 0 Å². The van der Waals surface area contributed by atoms with Gasteiger partial charge in [-0.05, 0) is 30.3 Å². The van der Waals surface area contributed by atoms with E-state index in [2.05, 4.69) is 10.3 Å². The van der Waals surface area contributed by atoms with Gasteiger partial charge in [0.15, 0.2) is 6.61 Å². The lowest BCUT2D eigenvalue weighted by Gasteiger charge is -2.14. The third kappa shape index (κ3) is 4.78. The summed E-state index contributed by atoms with van der Waals surface area (Å²) in [5.74, 6) is -1.34. The Labute approximate surface area is 155 Å². The summed E-state index contributed by atoms with van der Waals surface area (Å²) in [4.78, 5) is 27.5. The summed E-state index contributed by atoms with van der Waals surface area (Å²) in [6.07, 6.45) is 2.85. The molecule has 1 amide bonds. The molecule has 0 saturated carbocycles. The van der Waals surface area contributed by atoms with Crippen LogP contribution in [0.15, 0.2) is 47.6 Å². The summed E-state index contributed by atoms with van der Waals surface area (Å²) in [5.41, 5.74) is 0.351. The zero-order valence-corrected chi connectivity index (χ0v) is 15.5. The molecule has 1 aromatic heterocycles. The maximum Gasteiger partial charge on any atom is 0.338 e. The Morgan fingerprint density at radius 1 is 1.19 bits per heavy atom. The first kappa shape index (κ1) is 19.8. The number of halogens is 1. The molecular formula is C16H16ClN3O5S. The summed E-state index contributed by atoms with van der Waals surface area (Å²) in [6.45, 7) is -0.553. The Bertz CT molecular complexity index is 917. The molecule has 0 aliphatic carbocycles. The van der Waals surface area contributed by atoms with Gasteiger partial charge in [-0.2, -0.15) is 0 Å². The number of benzene rings is 1. The highest BCUT2D eigenvalue weighted by atomic mass is 35.5. The van der Waals surface area contributed by atoms with Gasteiger partial charge >= 0.3 is 5.97 Å². The molecule has 0 fully saturated rings. The third-order valence-corrected chi connectivity index (χ3v) is 5.38. The number of anilines is 1. The Kier molecular flexibility index (Phi) is 6.30. The number of aromatic nitrogens is 1. The Balaban J connectivity index is 2.06. The summed E-state index contributed by atoms with van der Waals surface area (Å²) in [5, 5.41) is 2.57. The fraction of sp³-hybridized carbons (Fsp3) is 0.188. The van der Waals surface area contributed by atoms with Crippen LogP contribution in [0.4, 0.5) is 5.69 Å². The molecule has 2 rings (SSSR count). The number of hydrogen-bond acceptors (Lipinski definition) is 6. The van der Waals surface area contributed by atoms with Crippen LogP contribution in [-0.2, 0) is 19.6 Å². The topological polar surface area (TPSA) is 106 Å². The second-order valence-corrected chi connectivity index (χ2v) is 7.85. The van der Waals surface area contributed by atoms with Gasteiger partial charge in [0.1, 0.15) is 0 Å². The van der Waals surface area contributed by atoms with Crippen LogP contribution in [-0.4, -0.2) is 50.3 Å². The van der Waals surface area contributed by atoms with E-state index in [0.717, 1.165) is 4.31 Å². The molecule has 0 atom stereocenters. The molecule has 26 heavy (non-hydrogen) atoms. The first-order valence-corrected chi connectivity index (χ1v) is 9.12. The van der Waals surface area contributed by atoms with E-state index in [1.54, 1.807) is 0 Å². The molecule has 0 radical (unpaired) electrons. The van der Waals surface area contributed by atoms with Crippen molar-refractivity contribution in [3.05, 3.63) is 53.3 Å². The highest BCUT2D eigenvalue weighted by Crippen LogP contribution is 2.26. The molecule has 138 valence electrons. The van der Waals surface area contributed by atoms with Crippen LogP contribution in [0.25, 0.3) is 0 Å². The van der Waals surface area contributed by atoms with Gasteiger partial charge in [-0.1, -0.05) is 11.6 Å². The van der Waals surface area contributed by atoms with Crippen molar-refractivity contribution in [2.24, 2.45) is 0 Å². The molecule has 0 bridgehead atoms. The Hall–Kier alpha value is -2.49. The summed E-state index contributed by atoms with van der Waals surface area (Å²) >= 11 is 5.99. The summed E-state index contributed by atoms with van der Waals surface area (Å²) < 4.78 is 30.2. The molecular weight excluding hydrogens is 382 g/mol. The van der Waals surface area contributed by atoms with Crippen LogP contribution < -0.4 is 5.32 Å². The SMILES string of the molecule is CN(C)S(=O)(=O)c1ccc(Cl)c(NC(=O)COC(=O)c2ccncc2)c1. The average molecular weight is 398 g/mol.